The Kier molecular flexibility index (Phi) is 7.30. The molecule has 0 saturated carbocycles. The van der Waals surface area contributed by atoms with Gasteiger partial charge in [-0.25, -0.2) is 0 Å². The number of anilines is 1. The van der Waals surface area contributed by atoms with Crippen LogP contribution < -0.4 is 19.5 Å². The van der Waals surface area contributed by atoms with Crippen LogP contribution in [-0.2, 0) is 14.3 Å². The van der Waals surface area contributed by atoms with Gasteiger partial charge in [-0.15, -0.1) is 0 Å². The lowest BCUT2D eigenvalue weighted by Crippen LogP contribution is -2.22. The molecule has 0 heterocycles. The van der Waals surface area contributed by atoms with Crippen molar-refractivity contribution in [1.82, 2.24) is 0 Å². The normalized spacial score (nSPS) is 9.92. The zero-order valence-corrected chi connectivity index (χ0v) is 14.7. The van der Waals surface area contributed by atoms with Gasteiger partial charge in [-0.2, -0.15) is 0 Å². The third-order valence-electron chi connectivity index (χ3n) is 3.37. The quantitative estimate of drug-likeness (QED) is 0.693. The van der Waals surface area contributed by atoms with E-state index in [1.165, 1.54) is 14.2 Å². The maximum atomic E-state index is 11.9. The van der Waals surface area contributed by atoms with Crippen LogP contribution in [0.2, 0.25) is 0 Å². The Labute approximate surface area is 151 Å². The summed E-state index contributed by atoms with van der Waals surface area (Å²) in [5, 5.41) is 2.62. The van der Waals surface area contributed by atoms with E-state index in [1.807, 2.05) is 18.2 Å². The second-order valence-electron chi connectivity index (χ2n) is 5.19. The average molecular weight is 359 g/mol. The first-order valence-electron chi connectivity index (χ1n) is 7.97. The van der Waals surface area contributed by atoms with Gasteiger partial charge in [-0.1, -0.05) is 18.2 Å². The number of methoxy groups -OCH3 is 2. The minimum atomic E-state index is -0.516. The summed E-state index contributed by atoms with van der Waals surface area (Å²) in [7, 11) is 3.02. The van der Waals surface area contributed by atoms with Crippen LogP contribution in [0.1, 0.15) is 6.42 Å². The first-order valence-corrected chi connectivity index (χ1v) is 7.97. The molecule has 0 bridgehead atoms. The minimum Gasteiger partial charge on any atom is -0.497 e. The van der Waals surface area contributed by atoms with Crippen molar-refractivity contribution in [3.05, 3.63) is 48.5 Å². The standard InChI is InChI=1S/C19H21NO6/c1-23-15-8-9-16(17(12-15)24-2)20-18(21)13-26-19(22)10-11-25-14-6-4-3-5-7-14/h3-9,12H,10-11,13H2,1-2H3,(H,20,21). The summed E-state index contributed by atoms with van der Waals surface area (Å²) in [6.45, 7) is -0.212. The summed E-state index contributed by atoms with van der Waals surface area (Å²) in [5.74, 6) is 0.734. The number of benzene rings is 2. The van der Waals surface area contributed by atoms with Crippen molar-refractivity contribution in [3.63, 3.8) is 0 Å². The number of ether oxygens (including phenoxy) is 4. The third-order valence-corrected chi connectivity index (χ3v) is 3.37. The Morgan fingerprint density at radius 2 is 1.73 bits per heavy atom. The van der Waals surface area contributed by atoms with Gasteiger partial charge in [0.25, 0.3) is 5.91 Å². The second kappa shape index (κ2) is 9.93. The molecule has 0 aliphatic heterocycles. The van der Waals surface area contributed by atoms with Crippen LogP contribution in [0.3, 0.4) is 0 Å². The van der Waals surface area contributed by atoms with Crippen molar-refractivity contribution in [2.45, 2.75) is 6.42 Å². The third kappa shape index (κ3) is 6.01. The molecule has 0 atom stereocenters. The number of carbonyl (C=O) groups excluding carboxylic acids is 2. The summed E-state index contributed by atoms with van der Waals surface area (Å²) in [4.78, 5) is 23.6. The molecule has 2 aromatic carbocycles. The molecule has 7 nitrogen and oxygen atoms in total. The summed E-state index contributed by atoms with van der Waals surface area (Å²) >= 11 is 0. The molecular formula is C19H21NO6. The highest BCUT2D eigenvalue weighted by Gasteiger charge is 2.11. The van der Waals surface area contributed by atoms with Crippen molar-refractivity contribution >= 4 is 17.6 Å². The van der Waals surface area contributed by atoms with Gasteiger partial charge in [0.2, 0.25) is 0 Å². The Morgan fingerprint density at radius 3 is 2.42 bits per heavy atom. The fourth-order valence-corrected chi connectivity index (χ4v) is 2.08. The van der Waals surface area contributed by atoms with Gasteiger partial charge in [0, 0.05) is 6.07 Å². The van der Waals surface area contributed by atoms with Crippen molar-refractivity contribution in [3.8, 4) is 17.2 Å². The summed E-state index contributed by atoms with van der Waals surface area (Å²) in [5.41, 5.74) is 0.460. The van der Waals surface area contributed by atoms with Crippen LogP contribution in [0.15, 0.2) is 48.5 Å². The van der Waals surface area contributed by atoms with Crippen molar-refractivity contribution in [2.24, 2.45) is 0 Å². The molecule has 0 radical (unpaired) electrons. The van der Waals surface area contributed by atoms with Crippen molar-refractivity contribution < 1.29 is 28.5 Å². The Balaban J connectivity index is 1.73. The predicted molar refractivity (Wildman–Crippen MR) is 95.7 cm³/mol. The van der Waals surface area contributed by atoms with Gasteiger partial charge >= 0.3 is 5.97 Å². The van der Waals surface area contributed by atoms with Gasteiger partial charge in [0.05, 0.1) is 32.9 Å². The Hall–Kier alpha value is -3.22. The van der Waals surface area contributed by atoms with E-state index in [2.05, 4.69) is 5.32 Å². The smallest absolute Gasteiger partial charge is 0.309 e. The van der Waals surface area contributed by atoms with Crippen LogP contribution in [0.4, 0.5) is 5.69 Å². The summed E-state index contributed by atoms with van der Waals surface area (Å²) in [6, 6.07) is 14.1. The lowest BCUT2D eigenvalue weighted by molar-refractivity contribution is -0.147. The van der Waals surface area contributed by atoms with E-state index in [0.717, 1.165) is 0 Å². The highest BCUT2D eigenvalue weighted by molar-refractivity contribution is 5.94. The number of para-hydroxylation sites is 1. The monoisotopic (exact) mass is 359 g/mol. The van der Waals surface area contributed by atoms with Crippen LogP contribution in [0.5, 0.6) is 17.2 Å². The maximum absolute atomic E-state index is 11.9. The van der Waals surface area contributed by atoms with Gasteiger partial charge < -0.3 is 24.3 Å². The first-order chi connectivity index (χ1) is 12.6. The predicted octanol–water partition coefficient (Wildman–Crippen LogP) is 2.65. The molecule has 138 valence electrons. The number of nitrogens with one attached hydrogen (secondary N) is 1. The molecule has 0 aliphatic carbocycles. The summed E-state index contributed by atoms with van der Waals surface area (Å²) in [6.07, 6.45) is 0.0496. The molecule has 7 heteroatoms. The van der Waals surface area contributed by atoms with E-state index < -0.39 is 11.9 Å². The Bertz CT molecular complexity index is 732. The van der Waals surface area contributed by atoms with Gasteiger partial charge in [0.15, 0.2) is 6.61 Å². The maximum Gasteiger partial charge on any atom is 0.309 e. The minimum absolute atomic E-state index is 0.0496. The lowest BCUT2D eigenvalue weighted by atomic mass is 10.2. The number of amides is 1. The Morgan fingerprint density at radius 1 is 0.962 bits per heavy atom. The molecule has 1 N–H and O–H groups in total. The zero-order chi connectivity index (χ0) is 18.8. The van der Waals surface area contributed by atoms with Gasteiger partial charge in [-0.05, 0) is 24.3 Å². The first kappa shape index (κ1) is 19.1. The molecule has 0 saturated heterocycles. The van der Waals surface area contributed by atoms with Crippen LogP contribution in [0, 0.1) is 0 Å². The van der Waals surface area contributed by atoms with E-state index in [0.29, 0.717) is 22.9 Å². The molecule has 0 fully saturated rings. The van der Waals surface area contributed by atoms with Crippen LogP contribution >= 0.6 is 0 Å². The molecular weight excluding hydrogens is 338 g/mol. The largest absolute Gasteiger partial charge is 0.497 e. The topological polar surface area (TPSA) is 83.1 Å². The second-order valence-corrected chi connectivity index (χ2v) is 5.19. The molecule has 2 rings (SSSR count). The zero-order valence-electron chi connectivity index (χ0n) is 14.7. The molecule has 26 heavy (non-hydrogen) atoms. The van der Waals surface area contributed by atoms with Crippen LogP contribution in [0.25, 0.3) is 0 Å². The van der Waals surface area contributed by atoms with Crippen molar-refractivity contribution in [1.29, 1.82) is 0 Å². The number of hydrogen-bond donors (Lipinski definition) is 1. The number of esters is 1. The van der Waals surface area contributed by atoms with E-state index in [9.17, 15) is 9.59 Å². The fourth-order valence-electron chi connectivity index (χ4n) is 2.08. The average Bonchev–Trinajstić information content (AvgIpc) is 2.67. The molecule has 0 unspecified atom stereocenters. The van der Waals surface area contributed by atoms with Crippen LogP contribution in [-0.4, -0.2) is 39.3 Å². The fraction of sp³-hybridized carbons (Fsp3) is 0.263. The van der Waals surface area contributed by atoms with Crippen molar-refractivity contribution in [2.75, 3.05) is 32.8 Å². The van der Waals surface area contributed by atoms with E-state index in [4.69, 9.17) is 18.9 Å². The molecule has 0 spiro atoms. The number of carbonyl (C=O) groups is 2. The lowest BCUT2D eigenvalue weighted by Gasteiger charge is -2.12. The van der Waals surface area contributed by atoms with E-state index >= 15 is 0 Å². The highest BCUT2D eigenvalue weighted by atomic mass is 16.5. The molecule has 0 aromatic heterocycles. The molecule has 1 amide bonds. The van der Waals surface area contributed by atoms with Gasteiger partial charge in [-0.3, -0.25) is 9.59 Å². The highest BCUT2D eigenvalue weighted by Crippen LogP contribution is 2.28. The SMILES string of the molecule is COc1ccc(NC(=O)COC(=O)CCOc2ccccc2)c(OC)c1. The summed E-state index contributed by atoms with van der Waals surface area (Å²) < 4.78 is 20.6. The van der Waals surface area contributed by atoms with E-state index in [-0.39, 0.29) is 19.6 Å². The van der Waals surface area contributed by atoms with Gasteiger partial charge in [0.1, 0.15) is 17.2 Å². The number of hydrogen-bond acceptors (Lipinski definition) is 6. The van der Waals surface area contributed by atoms with E-state index in [1.54, 1.807) is 30.3 Å². The number of rotatable bonds is 9. The molecule has 2 aromatic rings. The molecule has 0 aliphatic rings.